The molecule has 2 aromatic rings. The van der Waals surface area contributed by atoms with Gasteiger partial charge in [0.1, 0.15) is 11.3 Å². The lowest BCUT2D eigenvalue weighted by atomic mass is 10.0. The molecular weight excluding hydrogens is 338 g/mol. The molecule has 0 bridgehead atoms. The molecule has 2 atom stereocenters. The Balaban J connectivity index is 2.12. The second-order valence-electron chi connectivity index (χ2n) is 6.68. The molecule has 140 valence electrons. The van der Waals surface area contributed by atoms with E-state index in [2.05, 4.69) is 5.32 Å². The standard InChI is InChI=1S/C19H23NO6/c1-10(2)7-15(19(23)24)20-18(22)12(4)25-13-5-6-14-11(3)8-17(21)26-16(14)9-13/h5-6,8-10,12,15H,7H2,1-4H3,(H,20,22)(H,23,24)/p-1/t12-,15-/m0/s1. The Morgan fingerprint density at radius 1 is 1.23 bits per heavy atom. The molecule has 1 aromatic heterocycles. The zero-order valence-corrected chi connectivity index (χ0v) is 15.2. The maximum absolute atomic E-state index is 12.2. The van der Waals surface area contributed by atoms with Gasteiger partial charge in [-0.1, -0.05) is 13.8 Å². The molecule has 7 nitrogen and oxygen atoms in total. The number of aliphatic carboxylic acids is 1. The average molecular weight is 360 g/mol. The first-order chi connectivity index (χ1) is 12.2. The number of nitrogens with one attached hydrogen (secondary N) is 1. The van der Waals surface area contributed by atoms with E-state index in [4.69, 9.17) is 9.15 Å². The van der Waals surface area contributed by atoms with Crippen molar-refractivity contribution in [3.8, 4) is 5.75 Å². The first kappa shape index (κ1) is 19.5. The lowest BCUT2D eigenvalue weighted by Gasteiger charge is -2.23. The Morgan fingerprint density at radius 2 is 1.92 bits per heavy atom. The van der Waals surface area contributed by atoms with Crippen LogP contribution in [0.1, 0.15) is 32.8 Å². The zero-order valence-electron chi connectivity index (χ0n) is 15.2. The number of carbonyl (C=O) groups excluding carboxylic acids is 2. The summed E-state index contributed by atoms with van der Waals surface area (Å²) in [6.07, 6.45) is -0.667. The van der Waals surface area contributed by atoms with Gasteiger partial charge < -0.3 is 24.4 Å². The number of hydrogen-bond donors (Lipinski definition) is 1. The third kappa shape index (κ3) is 4.84. The van der Waals surface area contributed by atoms with Gasteiger partial charge >= 0.3 is 5.63 Å². The molecule has 26 heavy (non-hydrogen) atoms. The van der Waals surface area contributed by atoms with Crippen molar-refractivity contribution in [2.24, 2.45) is 5.92 Å². The Labute approximate surface area is 151 Å². The van der Waals surface area contributed by atoms with Gasteiger partial charge in [0, 0.05) is 17.5 Å². The minimum absolute atomic E-state index is 0.0843. The highest BCUT2D eigenvalue weighted by molar-refractivity contribution is 5.86. The number of amides is 1. The number of carboxylic acids is 1. The largest absolute Gasteiger partial charge is 0.548 e. The van der Waals surface area contributed by atoms with Crippen molar-refractivity contribution in [2.75, 3.05) is 0 Å². The molecule has 0 spiro atoms. The number of hydrogen-bond acceptors (Lipinski definition) is 6. The number of ether oxygens (including phenoxy) is 1. The zero-order chi connectivity index (χ0) is 19.4. The van der Waals surface area contributed by atoms with E-state index in [1.165, 1.54) is 19.1 Å². The lowest BCUT2D eigenvalue weighted by Crippen LogP contribution is -2.51. The average Bonchev–Trinajstić information content (AvgIpc) is 2.52. The van der Waals surface area contributed by atoms with E-state index in [9.17, 15) is 19.5 Å². The minimum atomic E-state index is -1.33. The Morgan fingerprint density at radius 3 is 2.54 bits per heavy atom. The fraction of sp³-hybridized carbons (Fsp3) is 0.421. The van der Waals surface area contributed by atoms with Crippen molar-refractivity contribution in [2.45, 2.75) is 46.3 Å². The maximum atomic E-state index is 12.2. The Bertz CT molecular complexity index is 870. The number of aryl methyl sites for hydroxylation is 1. The van der Waals surface area contributed by atoms with Crippen LogP contribution in [0.4, 0.5) is 0 Å². The molecule has 0 aliphatic rings. The predicted molar refractivity (Wildman–Crippen MR) is 93.7 cm³/mol. The van der Waals surface area contributed by atoms with Crippen molar-refractivity contribution in [3.05, 3.63) is 40.2 Å². The molecule has 0 fully saturated rings. The first-order valence-electron chi connectivity index (χ1n) is 8.39. The molecule has 2 rings (SSSR count). The van der Waals surface area contributed by atoms with Crippen molar-refractivity contribution < 1.29 is 23.8 Å². The van der Waals surface area contributed by atoms with Crippen molar-refractivity contribution in [3.63, 3.8) is 0 Å². The van der Waals surface area contributed by atoms with E-state index in [0.29, 0.717) is 11.3 Å². The van der Waals surface area contributed by atoms with E-state index < -0.39 is 29.6 Å². The van der Waals surface area contributed by atoms with Crippen LogP contribution in [0.2, 0.25) is 0 Å². The van der Waals surface area contributed by atoms with Crippen LogP contribution in [0.25, 0.3) is 11.0 Å². The molecule has 0 aliphatic carbocycles. The number of fused-ring (bicyclic) bond motifs is 1. The summed E-state index contributed by atoms with van der Waals surface area (Å²) in [6.45, 7) is 7.01. The van der Waals surface area contributed by atoms with E-state index in [0.717, 1.165) is 10.9 Å². The number of benzene rings is 1. The van der Waals surface area contributed by atoms with Gasteiger partial charge in [-0.3, -0.25) is 4.79 Å². The summed E-state index contributed by atoms with van der Waals surface area (Å²) in [6, 6.07) is 5.23. The summed E-state index contributed by atoms with van der Waals surface area (Å²) in [5.74, 6) is -1.48. The van der Waals surface area contributed by atoms with Gasteiger partial charge in [-0.25, -0.2) is 4.79 Å². The summed E-state index contributed by atoms with van der Waals surface area (Å²) >= 11 is 0. The topological polar surface area (TPSA) is 109 Å². The molecule has 7 heteroatoms. The van der Waals surface area contributed by atoms with Crippen LogP contribution in [0.5, 0.6) is 5.75 Å². The Hall–Kier alpha value is -2.83. The molecule has 1 heterocycles. The monoisotopic (exact) mass is 360 g/mol. The summed E-state index contributed by atoms with van der Waals surface area (Å²) in [5.41, 5.74) is 0.662. The van der Waals surface area contributed by atoms with Gasteiger partial charge in [0.25, 0.3) is 5.91 Å². The van der Waals surface area contributed by atoms with Crippen LogP contribution >= 0.6 is 0 Å². The molecule has 1 N–H and O–H groups in total. The van der Waals surface area contributed by atoms with Gasteiger partial charge in [-0.15, -0.1) is 0 Å². The highest BCUT2D eigenvalue weighted by atomic mass is 16.5. The summed E-state index contributed by atoms with van der Waals surface area (Å²) in [5, 5.41) is 14.3. The maximum Gasteiger partial charge on any atom is 0.336 e. The van der Waals surface area contributed by atoms with Crippen molar-refractivity contribution in [1.82, 2.24) is 5.32 Å². The fourth-order valence-electron chi connectivity index (χ4n) is 2.61. The van der Waals surface area contributed by atoms with E-state index >= 15 is 0 Å². The number of rotatable bonds is 7. The van der Waals surface area contributed by atoms with Gasteiger partial charge in [-0.05, 0) is 43.9 Å². The van der Waals surface area contributed by atoms with Gasteiger partial charge in [0.05, 0.1) is 12.0 Å². The molecule has 0 saturated heterocycles. The molecule has 0 aliphatic heterocycles. The van der Waals surface area contributed by atoms with E-state index in [-0.39, 0.29) is 12.3 Å². The van der Waals surface area contributed by atoms with Crippen LogP contribution in [0.3, 0.4) is 0 Å². The normalized spacial score (nSPS) is 13.4. The fourth-order valence-corrected chi connectivity index (χ4v) is 2.61. The van der Waals surface area contributed by atoms with Crippen LogP contribution in [0, 0.1) is 12.8 Å². The summed E-state index contributed by atoms with van der Waals surface area (Å²) < 4.78 is 10.7. The number of carboxylic acid groups (broad SMARTS) is 1. The lowest BCUT2D eigenvalue weighted by molar-refractivity contribution is -0.308. The third-order valence-electron chi connectivity index (χ3n) is 3.91. The van der Waals surface area contributed by atoms with Gasteiger partial charge in [-0.2, -0.15) is 0 Å². The van der Waals surface area contributed by atoms with Crippen LogP contribution in [-0.2, 0) is 9.59 Å². The van der Waals surface area contributed by atoms with E-state index in [1.54, 1.807) is 19.1 Å². The smallest absolute Gasteiger partial charge is 0.336 e. The SMILES string of the molecule is Cc1cc(=O)oc2cc(O[C@@H](C)C(=O)N[C@@H](CC(C)C)C(=O)[O-])ccc12. The quantitative estimate of drug-likeness (QED) is 0.742. The summed E-state index contributed by atoms with van der Waals surface area (Å²) in [7, 11) is 0. The van der Waals surface area contributed by atoms with Crippen molar-refractivity contribution >= 4 is 22.8 Å². The van der Waals surface area contributed by atoms with Gasteiger partial charge in [0.2, 0.25) is 0 Å². The van der Waals surface area contributed by atoms with Crippen LogP contribution in [-0.4, -0.2) is 24.0 Å². The first-order valence-corrected chi connectivity index (χ1v) is 8.39. The molecule has 0 saturated carbocycles. The highest BCUT2D eigenvalue weighted by Gasteiger charge is 2.21. The van der Waals surface area contributed by atoms with Crippen molar-refractivity contribution in [1.29, 1.82) is 0 Å². The second-order valence-corrected chi connectivity index (χ2v) is 6.68. The third-order valence-corrected chi connectivity index (χ3v) is 3.91. The highest BCUT2D eigenvalue weighted by Crippen LogP contribution is 2.23. The molecule has 0 radical (unpaired) electrons. The summed E-state index contributed by atoms with van der Waals surface area (Å²) in [4.78, 5) is 34.9. The van der Waals surface area contributed by atoms with Crippen LogP contribution in [0.15, 0.2) is 33.5 Å². The van der Waals surface area contributed by atoms with E-state index in [1.807, 2.05) is 13.8 Å². The molecular formula is C19H22NO6-. The molecule has 1 amide bonds. The second kappa shape index (κ2) is 8.03. The molecule has 1 aromatic carbocycles. The van der Waals surface area contributed by atoms with Gasteiger partial charge in [0.15, 0.2) is 6.10 Å². The molecule has 0 unspecified atom stereocenters. The van der Waals surface area contributed by atoms with Crippen LogP contribution < -0.4 is 20.8 Å². The Kier molecular flexibility index (Phi) is 6.02. The minimum Gasteiger partial charge on any atom is -0.548 e. The number of carbonyl (C=O) groups is 2. The predicted octanol–water partition coefficient (Wildman–Crippen LogP) is 1.15.